The van der Waals surface area contributed by atoms with E-state index < -0.39 is 0 Å². The fraction of sp³-hybridized carbons (Fsp3) is 0.619. The highest BCUT2D eigenvalue weighted by Crippen LogP contribution is 2.23. The average Bonchev–Trinajstić information content (AvgIpc) is 2.62. The van der Waals surface area contributed by atoms with Gasteiger partial charge >= 0.3 is 0 Å². The molecule has 2 atom stereocenters. The predicted octanol–water partition coefficient (Wildman–Crippen LogP) is 3.34. The molecule has 1 saturated carbocycles. The van der Waals surface area contributed by atoms with Crippen molar-refractivity contribution in [3.8, 4) is 0 Å². The molecule has 144 valence electrons. The topological polar surface area (TPSA) is 61.4 Å². The summed E-state index contributed by atoms with van der Waals surface area (Å²) in [5.74, 6) is 0.470. The van der Waals surface area contributed by atoms with Crippen LogP contribution >= 0.6 is 0 Å². The van der Waals surface area contributed by atoms with Crippen molar-refractivity contribution in [3.63, 3.8) is 0 Å². The normalized spacial score (nSPS) is 19.8. The minimum Gasteiger partial charge on any atom is -0.332 e. The van der Waals surface area contributed by atoms with Crippen LogP contribution in [0.5, 0.6) is 0 Å². The van der Waals surface area contributed by atoms with Crippen LogP contribution in [-0.2, 0) is 9.59 Å². The van der Waals surface area contributed by atoms with Crippen LogP contribution in [0.2, 0.25) is 0 Å². The maximum absolute atomic E-state index is 12.6. The lowest BCUT2D eigenvalue weighted by Gasteiger charge is -2.30. The van der Waals surface area contributed by atoms with Crippen LogP contribution in [0.15, 0.2) is 24.3 Å². The number of para-hydroxylation sites is 1. The van der Waals surface area contributed by atoms with Crippen molar-refractivity contribution in [1.82, 2.24) is 10.2 Å². The first kappa shape index (κ1) is 20.4. The Morgan fingerprint density at radius 1 is 1.19 bits per heavy atom. The molecule has 2 rings (SSSR count). The molecule has 2 unspecified atom stereocenters. The Labute approximate surface area is 157 Å². The number of aryl methyl sites for hydroxylation is 1. The Bertz CT molecular complexity index is 603. The number of nitrogens with one attached hydrogen (secondary N) is 2. The smallest absolute Gasteiger partial charge is 0.244 e. The zero-order valence-electron chi connectivity index (χ0n) is 16.4. The van der Waals surface area contributed by atoms with Gasteiger partial charge in [-0.25, -0.2) is 0 Å². The lowest BCUT2D eigenvalue weighted by atomic mass is 9.86. The lowest BCUT2D eigenvalue weighted by molar-refractivity contribution is -0.134. The minimum atomic E-state index is -0.146. The van der Waals surface area contributed by atoms with E-state index in [1.807, 2.05) is 38.1 Å². The lowest BCUT2D eigenvalue weighted by Crippen LogP contribution is -2.47. The van der Waals surface area contributed by atoms with E-state index in [2.05, 4.69) is 17.6 Å². The zero-order valence-corrected chi connectivity index (χ0v) is 16.4. The summed E-state index contributed by atoms with van der Waals surface area (Å²) in [6, 6.07) is 8.09. The Kier molecular flexibility index (Phi) is 8.10. The molecule has 5 heteroatoms. The number of hydrogen-bond acceptors (Lipinski definition) is 3. The van der Waals surface area contributed by atoms with Gasteiger partial charge in [-0.05, 0) is 43.7 Å². The van der Waals surface area contributed by atoms with Crippen molar-refractivity contribution in [2.45, 2.75) is 58.9 Å². The third-order valence-corrected chi connectivity index (χ3v) is 5.23. The van der Waals surface area contributed by atoms with Crippen LogP contribution in [0.3, 0.4) is 0 Å². The number of carbonyl (C=O) groups excluding carboxylic acids is 2. The van der Waals surface area contributed by atoms with Crippen LogP contribution < -0.4 is 10.6 Å². The first-order valence-corrected chi connectivity index (χ1v) is 9.88. The van der Waals surface area contributed by atoms with E-state index in [4.69, 9.17) is 0 Å². The standard InChI is InChI=1S/C21H33N3O2/c1-4-13-24(15-20(25)23-19-12-8-6-10-17(19)3)21(26)14-22-18-11-7-5-9-16(18)2/h6,8,10,12,16,18,22H,4-5,7,9,11,13-15H2,1-3H3,(H,23,25). The molecule has 1 aromatic rings. The molecule has 0 aliphatic heterocycles. The fourth-order valence-electron chi connectivity index (χ4n) is 3.59. The molecule has 1 aliphatic rings. The monoisotopic (exact) mass is 359 g/mol. The molecular formula is C21H33N3O2. The van der Waals surface area contributed by atoms with Gasteiger partial charge in [-0.15, -0.1) is 0 Å². The van der Waals surface area contributed by atoms with Crippen LogP contribution in [0.1, 0.15) is 51.5 Å². The molecule has 0 spiro atoms. The van der Waals surface area contributed by atoms with Crippen molar-refractivity contribution in [3.05, 3.63) is 29.8 Å². The summed E-state index contributed by atoms with van der Waals surface area (Å²) in [5.41, 5.74) is 1.82. The maximum Gasteiger partial charge on any atom is 0.244 e. The van der Waals surface area contributed by atoms with E-state index in [9.17, 15) is 9.59 Å². The number of nitrogens with zero attached hydrogens (tertiary/aromatic N) is 1. The van der Waals surface area contributed by atoms with Crippen LogP contribution in [-0.4, -0.2) is 42.4 Å². The van der Waals surface area contributed by atoms with Crippen molar-refractivity contribution in [2.24, 2.45) is 5.92 Å². The summed E-state index contributed by atoms with van der Waals surface area (Å²) < 4.78 is 0. The summed E-state index contributed by atoms with van der Waals surface area (Å²) in [7, 11) is 0. The Hall–Kier alpha value is -1.88. The van der Waals surface area contributed by atoms with Gasteiger partial charge in [-0.2, -0.15) is 0 Å². The third-order valence-electron chi connectivity index (χ3n) is 5.23. The first-order chi connectivity index (χ1) is 12.5. The van der Waals surface area contributed by atoms with Crippen LogP contribution in [0.25, 0.3) is 0 Å². The predicted molar refractivity (Wildman–Crippen MR) is 106 cm³/mol. The van der Waals surface area contributed by atoms with Gasteiger partial charge in [0.1, 0.15) is 0 Å². The minimum absolute atomic E-state index is 0.00422. The van der Waals surface area contributed by atoms with Gasteiger partial charge in [-0.3, -0.25) is 9.59 Å². The molecule has 1 fully saturated rings. The van der Waals surface area contributed by atoms with Gasteiger partial charge < -0.3 is 15.5 Å². The number of hydrogen-bond donors (Lipinski definition) is 2. The van der Waals surface area contributed by atoms with Crippen molar-refractivity contribution >= 4 is 17.5 Å². The van der Waals surface area contributed by atoms with Gasteiger partial charge in [0.05, 0.1) is 13.1 Å². The number of amides is 2. The van der Waals surface area contributed by atoms with Gasteiger partial charge in [0.15, 0.2) is 0 Å². The largest absolute Gasteiger partial charge is 0.332 e. The zero-order chi connectivity index (χ0) is 18.9. The Balaban J connectivity index is 1.87. The SMILES string of the molecule is CCCN(CC(=O)Nc1ccccc1C)C(=O)CNC1CCCCC1C. The van der Waals surface area contributed by atoms with E-state index >= 15 is 0 Å². The van der Waals surface area contributed by atoms with Crippen molar-refractivity contribution in [1.29, 1.82) is 0 Å². The van der Waals surface area contributed by atoms with Gasteiger partial charge in [0.2, 0.25) is 11.8 Å². The van der Waals surface area contributed by atoms with Crippen molar-refractivity contribution < 1.29 is 9.59 Å². The van der Waals surface area contributed by atoms with E-state index in [-0.39, 0.29) is 18.4 Å². The summed E-state index contributed by atoms with van der Waals surface area (Å²) >= 11 is 0. The number of carbonyl (C=O) groups is 2. The molecule has 1 aromatic carbocycles. The quantitative estimate of drug-likeness (QED) is 0.748. The fourth-order valence-corrected chi connectivity index (χ4v) is 3.59. The Morgan fingerprint density at radius 3 is 2.62 bits per heavy atom. The molecule has 2 N–H and O–H groups in total. The summed E-state index contributed by atoms with van der Waals surface area (Å²) in [6.45, 7) is 7.24. The molecule has 26 heavy (non-hydrogen) atoms. The van der Waals surface area contributed by atoms with E-state index in [1.54, 1.807) is 4.90 Å². The molecule has 0 radical (unpaired) electrons. The summed E-state index contributed by atoms with van der Waals surface area (Å²) in [5, 5.41) is 6.33. The highest BCUT2D eigenvalue weighted by molar-refractivity contribution is 5.95. The van der Waals surface area contributed by atoms with Crippen molar-refractivity contribution in [2.75, 3.05) is 25.0 Å². The molecule has 2 amide bonds. The first-order valence-electron chi connectivity index (χ1n) is 9.88. The summed E-state index contributed by atoms with van der Waals surface area (Å²) in [6.07, 6.45) is 5.71. The molecule has 0 saturated heterocycles. The molecule has 1 aliphatic carbocycles. The van der Waals surface area contributed by atoms with Gasteiger partial charge in [-0.1, -0.05) is 44.9 Å². The van der Waals surface area contributed by atoms with Gasteiger partial charge in [0, 0.05) is 18.3 Å². The highest BCUT2D eigenvalue weighted by atomic mass is 16.2. The van der Waals surface area contributed by atoms with Crippen LogP contribution in [0, 0.1) is 12.8 Å². The summed E-state index contributed by atoms with van der Waals surface area (Å²) in [4.78, 5) is 26.7. The van der Waals surface area contributed by atoms with Gasteiger partial charge in [0.25, 0.3) is 0 Å². The second-order valence-corrected chi connectivity index (χ2v) is 7.43. The van der Waals surface area contributed by atoms with E-state index in [0.29, 0.717) is 25.0 Å². The average molecular weight is 360 g/mol. The molecule has 0 aromatic heterocycles. The molecule has 0 bridgehead atoms. The second-order valence-electron chi connectivity index (χ2n) is 7.43. The molecule has 0 heterocycles. The van der Waals surface area contributed by atoms with E-state index in [1.165, 1.54) is 19.3 Å². The highest BCUT2D eigenvalue weighted by Gasteiger charge is 2.23. The molecular weight excluding hydrogens is 326 g/mol. The third kappa shape index (κ3) is 6.13. The molecule has 5 nitrogen and oxygen atoms in total. The van der Waals surface area contributed by atoms with E-state index in [0.717, 1.165) is 24.1 Å². The number of benzene rings is 1. The number of rotatable bonds is 8. The van der Waals surface area contributed by atoms with Crippen LogP contribution in [0.4, 0.5) is 5.69 Å². The second kappa shape index (κ2) is 10.3. The Morgan fingerprint density at radius 2 is 1.92 bits per heavy atom. The maximum atomic E-state index is 12.6. The number of anilines is 1.